The number of carbonyl (C=O) groups excluding carboxylic acids is 1. The Bertz CT molecular complexity index is 782. The summed E-state index contributed by atoms with van der Waals surface area (Å²) in [6.45, 7) is 0. The summed E-state index contributed by atoms with van der Waals surface area (Å²) in [5.41, 5.74) is 3.72. The molecule has 0 bridgehead atoms. The standard InChI is InChI=1S/C16H13N3O5/c20-15(9-11-3-7-14(8-4-11)19(23)24)18-17-10-12-1-5-13(6-2-12)16(21)22/h1-8,10H,9H2,(H,18,20)(H,21,22). The lowest BCUT2D eigenvalue weighted by molar-refractivity contribution is -0.384. The maximum absolute atomic E-state index is 11.7. The first-order valence-corrected chi connectivity index (χ1v) is 6.84. The fourth-order valence-corrected chi connectivity index (χ4v) is 1.85. The van der Waals surface area contributed by atoms with Crippen LogP contribution in [-0.2, 0) is 11.2 Å². The number of carboxylic acid groups (broad SMARTS) is 1. The Kier molecular flexibility index (Phi) is 5.35. The molecule has 2 N–H and O–H groups in total. The third kappa shape index (κ3) is 4.73. The molecular formula is C16H13N3O5. The number of non-ortho nitro benzene ring substituents is 1. The van der Waals surface area contributed by atoms with E-state index in [4.69, 9.17) is 5.11 Å². The molecular weight excluding hydrogens is 314 g/mol. The number of hydrogen-bond donors (Lipinski definition) is 2. The van der Waals surface area contributed by atoms with Crippen molar-refractivity contribution in [2.75, 3.05) is 0 Å². The molecule has 0 fully saturated rings. The summed E-state index contributed by atoms with van der Waals surface area (Å²) < 4.78 is 0. The van der Waals surface area contributed by atoms with Gasteiger partial charge in [-0.05, 0) is 23.3 Å². The summed E-state index contributed by atoms with van der Waals surface area (Å²) in [5.74, 6) is -1.39. The second-order valence-electron chi connectivity index (χ2n) is 4.82. The largest absolute Gasteiger partial charge is 0.478 e. The van der Waals surface area contributed by atoms with Crippen molar-refractivity contribution in [3.63, 3.8) is 0 Å². The number of hydrogen-bond acceptors (Lipinski definition) is 5. The van der Waals surface area contributed by atoms with E-state index < -0.39 is 10.9 Å². The van der Waals surface area contributed by atoms with Gasteiger partial charge in [0.05, 0.1) is 23.1 Å². The van der Waals surface area contributed by atoms with E-state index in [-0.39, 0.29) is 23.6 Å². The Labute approximate surface area is 136 Å². The molecule has 0 aromatic heterocycles. The number of hydrazone groups is 1. The van der Waals surface area contributed by atoms with Gasteiger partial charge in [0.25, 0.3) is 5.69 Å². The number of carboxylic acids is 1. The van der Waals surface area contributed by atoms with Crippen molar-refractivity contribution in [1.29, 1.82) is 0 Å². The summed E-state index contributed by atoms with van der Waals surface area (Å²) in [6.07, 6.45) is 1.42. The van der Waals surface area contributed by atoms with Gasteiger partial charge in [-0.1, -0.05) is 24.3 Å². The number of amides is 1. The molecule has 0 aliphatic heterocycles. The van der Waals surface area contributed by atoms with E-state index in [0.29, 0.717) is 11.1 Å². The van der Waals surface area contributed by atoms with Crippen molar-refractivity contribution in [3.8, 4) is 0 Å². The molecule has 0 saturated heterocycles. The summed E-state index contributed by atoms with van der Waals surface area (Å²) in [5, 5.41) is 23.1. The van der Waals surface area contributed by atoms with Crippen LogP contribution in [0, 0.1) is 10.1 Å². The van der Waals surface area contributed by atoms with E-state index in [1.165, 1.54) is 42.6 Å². The SMILES string of the molecule is O=C(Cc1ccc([N+](=O)[O-])cc1)NN=Cc1ccc(C(=O)O)cc1. The topological polar surface area (TPSA) is 122 Å². The lowest BCUT2D eigenvalue weighted by atomic mass is 10.1. The van der Waals surface area contributed by atoms with Gasteiger partial charge in [0.15, 0.2) is 0 Å². The molecule has 2 aromatic carbocycles. The molecule has 8 heteroatoms. The molecule has 0 aliphatic rings. The maximum Gasteiger partial charge on any atom is 0.335 e. The zero-order valence-corrected chi connectivity index (χ0v) is 12.4. The van der Waals surface area contributed by atoms with Gasteiger partial charge in [-0.3, -0.25) is 14.9 Å². The third-order valence-corrected chi connectivity index (χ3v) is 3.07. The zero-order valence-electron chi connectivity index (χ0n) is 12.4. The molecule has 24 heavy (non-hydrogen) atoms. The summed E-state index contributed by atoms with van der Waals surface area (Å²) in [7, 11) is 0. The van der Waals surface area contributed by atoms with E-state index in [1.54, 1.807) is 12.1 Å². The van der Waals surface area contributed by atoms with Gasteiger partial charge in [0.1, 0.15) is 0 Å². The number of benzene rings is 2. The van der Waals surface area contributed by atoms with Crippen molar-refractivity contribution >= 4 is 23.8 Å². The van der Waals surface area contributed by atoms with Gasteiger partial charge < -0.3 is 5.11 Å². The fourth-order valence-electron chi connectivity index (χ4n) is 1.85. The molecule has 0 radical (unpaired) electrons. The van der Waals surface area contributed by atoms with Crippen LogP contribution in [0.15, 0.2) is 53.6 Å². The van der Waals surface area contributed by atoms with E-state index in [9.17, 15) is 19.7 Å². The van der Waals surface area contributed by atoms with Crippen LogP contribution in [0.3, 0.4) is 0 Å². The predicted molar refractivity (Wildman–Crippen MR) is 85.9 cm³/mol. The number of nitro groups is 1. The van der Waals surface area contributed by atoms with Crippen LogP contribution in [0.5, 0.6) is 0 Å². The fraction of sp³-hybridized carbons (Fsp3) is 0.0625. The molecule has 0 aliphatic carbocycles. The van der Waals surface area contributed by atoms with Crippen LogP contribution in [0.2, 0.25) is 0 Å². The minimum atomic E-state index is -1.02. The average Bonchev–Trinajstić information content (AvgIpc) is 2.55. The lowest BCUT2D eigenvalue weighted by Gasteiger charge is -2.00. The highest BCUT2D eigenvalue weighted by Crippen LogP contribution is 2.12. The first-order chi connectivity index (χ1) is 11.5. The number of rotatable bonds is 6. The number of nitro benzene ring substituents is 1. The van der Waals surface area contributed by atoms with Crippen LogP contribution in [0.25, 0.3) is 0 Å². The highest BCUT2D eigenvalue weighted by atomic mass is 16.6. The highest BCUT2D eigenvalue weighted by Gasteiger charge is 2.06. The van der Waals surface area contributed by atoms with E-state index in [0.717, 1.165) is 0 Å². The average molecular weight is 327 g/mol. The second-order valence-corrected chi connectivity index (χ2v) is 4.82. The van der Waals surface area contributed by atoms with Gasteiger partial charge in [0.2, 0.25) is 5.91 Å². The Morgan fingerprint density at radius 3 is 2.29 bits per heavy atom. The molecule has 0 saturated carbocycles. The molecule has 0 atom stereocenters. The Morgan fingerprint density at radius 1 is 1.12 bits per heavy atom. The Morgan fingerprint density at radius 2 is 1.75 bits per heavy atom. The molecule has 0 spiro atoms. The van der Waals surface area contributed by atoms with Crippen LogP contribution in [0.4, 0.5) is 5.69 Å². The maximum atomic E-state index is 11.7. The summed E-state index contributed by atoms with van der Waals surface area (Å²) in [6, 6.07) is 11.7. The van der Waals surface area contributed by atoms with E-state index >= 15 is 0 Å². The first kappa shape index (κ1) is 16.8. The Balaban J connectivity index is 1.88. The minimum Gasteiger partial charge on any atom is -0.478 e. The third-order valence-electron chi connectivity index (χ3n) is 3.07. The van der Waals surface area contributed by atoms with Gasteiger partial charge in [-0.25, -0.2) is 10.2 Å². The molecule has 0 heterocycles. The normalized spacial score (nSPS) is 10.5. The van der Waals surface area contributed by atoms with Crippen molar-refractivity contribution in [2.45, 2.75) is 6.42 Å². The second kappa shape index (κ2) is 7.63. The molecule has 2 rings (SSSR count). The van der Waals surface area contributed by atoms with Crippen LogP contribution in [0.1, 0.15) is 21.5 Å². The van der Waals surface area contributed by atoms with Crippen molar-refractivity contribution < 1.29 is 19.6 Å². The minimum absolute atomic E-state index is 0.0350. The quantitative estimate of drug-likeness (QED) is 0.477. The Hall–Kier alpha value is -3.55. The number of carbonyl (C=O) groups is 2. The van der Waals surface area contributed by atoms with Crippen LogP contribution >= 0.6 is 0 Å². The van der Waals surface area contributed by atoms with Gasteiger partial charge in [0, 0.05) is 12.1 Å². The zero-order chi connectivity index (χ0) is 17.5. The van der Waals surface area contributed by atoms with Crippen molar-refractivity contribution in [2.24, 2.45) is 5.10 Å². The predicted octanol–water partition coefficient (Wildman–Crippen LogP) is 1.99. The van der Waals surface area contributed by atoms with Gasteiger partial charge >= 0.3 is 5.97 Å². The van der Waals surface area contributed by atoms with Crippen molar-refractivity contribution in [3.05, 3.63) is 75.3 Å². The lowest BCUT2D eigenvalue weighted by Crippen LogP contribution is -2.19. The van der Waals surface area contributed by atoms with Crippen molar-refractivity contribution in [1.82, 2.24) is 5.43 Å². The number of aromatic carboxylic acids is 1. The smallest absolute Gasteiger partial charge is 0.335 e. The van der Waals surface area contributed by atoms with E-state index in [1.807, 2.05) is 0 Å². The van der Waals surface area contributed by atoms with Gasteiger partial charge in [-0.15, -0.1) is 0 Å². The highest BCUT2D eigenvalue weighted by molar-refractivity contribution is 5.89. The molecule has 0 unspecified atom stereocenters. The molecule has 2 aromatic rings. The number of nitrogens with one attached hydrogen (secondary N) is 1. The van der Waals surface area contributed by atoms with Crippen LogP contribution in [-0.4, -0.2) is 28.1 Å². The summed E-state index contributed by atoms with van der Waals surface area (Å²) >= 11 is 0. The molecule has 122 valence electrons. The first-order valence-electron chi connectivity index (χ1n) is 6.84. The summed E-state index contributed by atoms with van der Waals surface area (Å²) in [4.78, 5) is 32.5. The molecule has 1 amide bonds. The monoisotopic (exact) mass is 327 g/mol. The van der Waals surface area contributed by atoms with Gasteiger partial charge in [-0.2, -0.15) is 5.10 Å². The number of nitrogens with zero attached hydrogens (tertiary/aromatic N) is 2. The van der Waals surface area contributed by atoms with Crippen LogP contribution < -0.4 is 5.43 Å². The van der Waals surface area contributed by atoms with E-state index in [2.05, 4.69) is 10.5 Å². The molecule has 8 nitrogen and oxygen atoms in total.